The van der Waals surface area contributed by atoms with Gasteiger partial charge in [0.05, 0.1) is 24.2 Å². The van der Waals surface area contributed by atoms with Crippen molar-refractivity contribution in [2.24, 2.45) is 0 Å². The van der Waals surface area contributed by atoms with Crippen molar-refractivity contribution in [3.05, 3.63) is 77.6 Å². The standard InChI is InChI=1S/C24H25N3O2/c28-16-17-11-13-18(14-12-17)21-15-25-23(22(26-21)19-7-3-1-4-8-19)27-24(29)20-9-5-2-6-10-20/h2,5-6,9-15,19,28H,1,3-4,7-8,16H2,(H,25,27,29). The zero-order valence-electron chi connectivity index (χ0n) is 16.3. The van der Waals surface area contributed by atoms with E-state index in [4.69, 9.17) is 4.98 Å². The third-order valence-corrected chi connectivity index (χ3v) is 5.49. The van der Waals surface area contributed by atoms with E-state index < -0.39 is 0 Å². The van der Waals surface area contributed by atoms with E-state index in [1.165, 1.54) is 19.3 Å². The molecule has 0 unspecified atom stereocenters. The van der Waals surface area contributed by atoms with Crippen molar-refractivity contribution in [2.75, 3.05) is 5.32 Å². The van der Waals surface area contributed by atoms with Crippen molar-refractivity contribution < 1.29 is 9.90 Å². The van der Waals surface area contributed by atoms with E-state index in [1.807, 2.05) is 42.5 Å². The third-order valence-electron chi connectivity index (χ3n) is 5.49. The maximum absolute atomic E-state index is 12.7. The number of amides is 1. The Morgan fingerprint density at radius 1 is 1.00 bits per heavy atom. The molecule has 29 heavy (non-hydrogen) atoms. The second-order valence-corrected chi connectivity index (χ2v) is 7.50. The molecule has 0 atom stereocenters. The summed E-state index contributed by atoms with van der Waals surface area (Å²) in [7, 11) is 0. The summed E-state index contributed by atoms with van der Waals surface area (Å²) in [5.74, 6) is 0.692. The zero-order chi connectivity index (χ0) is 20.1. The number of aliphatic hydroxyl groups excluding tert-OH is 1. The van der Waals surface area contributed by atoms with Gasteiger partial charge in [0.15, 0.2) is 5.82 Å². The Morgan fingerprint density at radius 2 is 1.72 bits per heavy atom. The normalized spacial score (nSPS) is 14.5. The van der Waals surface area contributed by atoms with E-state index in [9.17, 15) is 9.90 Å². The quantitative estimate of drug-likeness (QED) is 0.650. The van der Waals surface area contributed by atoms with Crippen LogP contribution in [-0.2, 0) is 6.61 Å². The Kier molecular flexibility index (Phi) is 5.96. The fourth-order valence-corrected chi connectivity index (χ4v) is 3.85. The van der Waals surface area contributed by atoms with Crippen LogP contribution in [0.3, 0.4) is 0 Å². The molecule has 0 bridgehead atoms. The van der Waals surface area contributed by atoms with Crippen molar-refractivity contribution in [1.82, 2.24) is 9.97 Å². The first-order valence-corrected chi connectivity index (χ1v) is 10.2. The average Bonchev–Trinajstić information content (AvgIpc) is 2.80. The molecule has 1 aliphatic carbocycles. The molecule has 1 aromatic heterocycles. The molecule has 2 N–H and O–H groups in total. The van der Waals surface area contributed by atoms with Gasteiger partial charge in [-0.25, -0.2) is 9.97 Å². The first-order valence-electron chi connectivity index (χ1n) is 10.2. The van der Waals surface area contributed by atoms with Crippen LogP contribution in [0.5, 0.6) is 0 Å². The highest BCUT2D eigenvalue weighted by Crippen LogP contribution is 2.35. The van der Waals surface area contributed by atoms with Crippen LogP contribution >= 0.6 is 0 Å². The average molecular weight is 387 g/mol. The Morgan fingerprint density at radius 3 is 2.41 bits per heavy atom. The number of nitrogens with one attached hydrogen (secondary N) is 1. The predicted molar refractivity (Wildman–Crippen MR) is 114 cm³/mol. The summed E-state index contributed by atoms with van der Waals surface area (Å²) >= 11 is 0. The molecule has 0 spiro atoms. The molecular formula is C24H25N3O2. The highest BCUT2D eigenvalue weighted by atomic mass is 16.3. The van der Waals surface area contributed by atoms with Crippen LogP contribution in [0.25, 0.3) is 11.3 Å². The minimum Gasteiger partial charge on any atom is -0.392 e. The lowest BCUT2D eigenvalue weighted by Gasteiger charge is -2.23. The van der Waals surface area contributed by atoms with Gasteiger partial charge < -0.3 is 10.4 Å². The van der Waals surface area contributed by atoms with Gasteiger partial charge >= 0.3 is 0 Å². The summed E-state index contributed by atoms with van der Waals surface area (Å²) in [6.07, 6.45) is 7.44. The molecule has 1 fully saturated rings. The highest BCUT2D eigenvalue weighted by molar-refractivity contribution is 6.04. The lowest BCUT2D eigenvalue weighted by Crippen LogP contribution is -2.18. The minimum atomic E-state index is -0.169. The first kappa shape index (κ1) is 19.3. The maximum atomic E-state index is 12.7. The monoisotopic (exact) mass is 387 g/mol. The molecule has 3 aromatic rings. The number of hydrogen-bond donors (Lipinski definition) is 2. The van der Waals surface area contributed by atoms with Crippen molar-refractivity contribution in [3.63, 3.8) is 0 Å². The lowest BCUT2D eigenvalue weighted by molar-refractivity contribution is 0.102. The summed E-state index contributed by atoms with van der Waals surface area (Å²) < 4.78 is 0. The van der Waals surface area contributed by atoms with Crippen LogP contribution in [0.2, 0.25) is 0 Å². The van der Waals surface area contributed by atoms with Gasteiger partial charge in [-0.1, -0.05) is 61.7 Å². The smallest absolute Gasteiger partial charge is 0.256 e. The van der Waals surface area contributed by atoms with Crippen molar-refractivity contribution in [1.29, 1.82) is 0 Å². The van der Waals surface area contributed by atoms with Crippen LogP contribution in [0.4, 0.5) is 5.82 Å². The number of carbonyl (C=O) groups is 1. The number of aliphatic hydroxyl groups is 1. The summed E-state index contributed by atoms with van der Waals surface area (Å²) in [6.45, 7) is 0.0176. The van der Waals surface area contributed by atoms with Gasteiger partial charge in [-0.15, -0.1) is 0 Å². The fourth-order valence-electron chi connectivity index (χ4n) is 3.85. The zero-order valence-corrected chi connectivity index (χ0v) is 16.3. The number of hydrogen-bond acceptors (Lipinski definition) is 4. The lowest BCUT2D eigenvalue weighted by atomic mass is 9.86. The molecule has 2 aromatic carbocycles. The molecule has 5 heteroatoms. The molecule has 0 radical (unpaired) electrons. The summed E-state index contributed by atoms with van der Waals surface area (Å²) in [5, 5.41) is 12.2. The number of benzene rings is 2. The molecule has 5 nitrogen and oxygen atoms in total. The van der Waals surface area contributed by atoms with Crippen LogP contribution < -0.4 is 5.32 Å². The summed E-state index contributed by atoms with van der Waals surface area (Å²) in [4.78, 5) is 22.2. The number of nitrogens with zero attached hydrogens (tertiary/aromatic N) is 2. The topological polar surface area (TPSA) is 75.1 Å². The molecular weight excluding hydrogens is 362 g/mol. The number of anilines is 1. The second kappa shape index (κ2) is 8.97. The van der Waals surface area contributed by atoms with Crippen molar-refractivity contribution >= 4 is 11.7 Å². The van der Waals surface area contributed by atoms with Crippen molar-refractivity contribution in [2.45, 2.75) is 44.6 Å². The molecule has 4 rings (SSSR count). The van der Waals surface area contributed by atoms with Gasteiger partial charge in [0.2, 0.25) is 0 Å². The Hall–Kier alpha value is -3.05. The Balaban J connectivity index is 1.67. The summed E-state index contributed by atoms with van der Waals surface area (Å²) in [6, 6.07) is 16.8. The first-order chi connectivity index (χ1) is 14.2. The van der Waals surface area contributed by atoms with Gasteiger partial charge in [-0.3, -0.25) is 4.79 Å². The van der Waals surface area contributed by atoms with E-state index in [0.29, 0.717) is 17.3 Å². The SMILES string of the molecule is O=C(Nc1ncc(-c2ccc(CO)cc2)nc1C1CCCCC1)c1ccccc1. The van der Waals surface area contributed by atoms with E-state index in [2.05, 4.69) is 10.3 Å². The molecule has 1 saturated carbocycles. The van der Waals surface area contributed by atoms with Gasteiger partial charge in [0.1, 0.15) is 0 Å². The molecule has 1 heterocycles. The Bertz CT molecular complexity index is 965. The molecule has 1 amide bonds. The van der Waals surface area contributed by atoms with Gasteiger partial charge in [-0.05, 0) is 30.5 Å². The number of aromatic nitrogens is 2. The van der Waals surface area contributed by atoms with Crippen molar-refractivity contribution in [3.8, 4) is 11.3 Å². The minimum absolute atomic E-state index is 0.0176. The van der Waals surface area contributed by atoms with Gasteiger partial charge in [0.25, 0.3) is 5.91 Å². The van der Waals surface area contributed by atoms with Gasteiger partial charge in [0, 0.05) is 17.0 Å². The van der Waals surface area contributed by atoms with Crippen LogP contribution in [0.1, 0.15) is 59.6 Å². The maximum Gasteiger partial charge on any atom is 0.256 e. The van der Waals surface area contributed by atoms with E-state index >= 15 is 0 Å². The van der Waals surface area contributed by atoms with Crippen LogP contribution in [0, 0.1) is 0 Å². The Labute approximate surface area is 170 Å². The van der Waals surface area contributed by atoms with Gasteiger partial charge in [-0.2, -0.15) is 0 Å². The predicted octanol–water partition coefficient (Wildman–Crippen LogP) is 4.94. The second-order valence-electron chi connectivity index (χ2n) is 7.50. The number of rotatable bonds is 5. The largest absolute Gasteiger partial charge is 0.392 e. The van der Waals surface area contributed by atoms with E-state index in [0.717, 1.165) is 35.4 Å². The molecule has 0 aliphatic heterocycles. The fraction of sp³-hybridized carbons (Fsp3) is 0.292. The summed E-state index contributed by atoms with van der Waals surface area (Å²) in [5.41, 5.74) is 4.08. The molecule has 0 saturated heterocycles. The van der Waals surface area contributed by atoms with E-state index in [-0.39, 0.29) is 12.5 Å². The van der Waals surface area contributed by atoms with E-state index in [1.54, 1.807) is 18.3 Å². The highest BCUT2D eigenvalue weighted by Gasteiger charge is 2.23. The molecule has 1 aliphatic rings. The van der Waals surface area contributed by atoms with Crippen LogP contribution in [-0.4, -0.2) is 21.0 Å². The third kappa shape index (κ3) is 4.51. The molecule has 148 valence electrons. The number of carbonyl (C=O) groups excluding carboxylic acids is 1. The van der Waals surface area contributed by atoms with Crippen LogP contribution in [0.15, 0.2) is 60.8 Å².